The van der Waals surface area contributed by atoms with Gasteiger partial charge in [0.25, 0.3) is 0 Å². The summed E-state index contributed by atoms with van der Waals surface area (Å²) in [5.41, 5.74) is 0.899. The fraction of sp³-hybridized carbons (Fsp3) is 0.312. The topological polar surface area (TPSA) is 72.5 Å². The zero-order chi connectivity index (χ0) is 16.1. The highest BCUT2D eigenvalue weighted by atomic mass is 32.1. The summed E-state index contributed by atoms with van der Waals surface area (Å²) in [6.45, 7) is 1.50. The van der Waals surface area contributed by atoms with Crippen LogP contribution in [0.4, 0.5) is 5.82 Å². The number of anilines is 1. The number of aliphatic hydroxyl groups excluding tert-OH is 1. The molecule has 0 fully saturated rings. The summed E-state index contributed by atoms with van der Waals surface area (Å²) in [7, 11) is 1.64. The molecule has 0 aromatic carbocycles. The van der Waals surface area contributed by atoms with Crippen LogP contribution in [0.3, 0.4) is 0 Å². The van der Waals surface area contributed by atoms with E-state index in [1.165, 1.54) is 0 Å². The molecule has 0 radical (unpaired) electrons. The lowest BCUT2D eigenvalue weighted by molar-refractivity contribution is 0.163. The van der Waals surface area contributed by atoms with E-state index in [9.17, 15) is 5.11 Å². The predicted molar refractivity (Wildman–Crippen MR) is 89.4 cm³/mol. The maximum atomic E-state index is 9.21. The van der Waals surface area contributed by atoms with Crippen LogP contribution in [-0.4, -0.2) is 28.6 Å². The van der Waals surface area contributed by atoms with Crippen molar-refractivity contribution in [1.82, 2.24) is 9.78 Å². The van der Waals surface area contributed by atoms with Gasteiger partial charge in [0.15, 0.2) is 0 Å². The van der Waals surface area contributed by atoms with Crippen molar-refractivity contribution in [2.24, 2.45) is 0 Å². The highest BCUT2D eigenvalue weighted by molar-refractivity contribution is 7.13. The van der Waals surface area contributed by atoms with Crippen molar-refractivity contribution in [2.45, 2.75) is 19.7 Å². The minimum absolute atomic E-state index is 0.0407. The molecule has 122 valence electrons. The second kappa shape index (κ2) is 7.45. The van der Waals surface area contributed by atoms with Crippen molar-refractivity contribution in [3.63, 3.8) is 0 Å². The standard InChI is InChI=1S/C16H19N3O3S/c1-21-11-13-5-4-12(22-13)10-17-16-9-14(15-3-2-8-23-15)18-19(16)6-7-20/h2-5,8-9,17,20H,6-7,10-11H2,1H3. The molecular weight excluding hydrogens is 314 g/mol. The van der Waals surface area contributed by atoms with Crippen molar-refractivity contribution >= 4 is 17.2 Å². The molecule has 0 atom stereocenters. The van der Waals surface area contributed by atoms with Gasteiger partial charge < -0.3 is 19.6 Å². The average molecular weight is 333 g/mol. The van der Waals surface area contributed by atoms with Crippen LogP contribution in [0.5, 0.6) is 0 Å². The maximum Gasteiger partial charge on any atom is 0.129 e. The van der Waals surface area contributed by atoms with Gasteiger partial charge in [0.2, 0.25) is 0 Å². The Balaban J connectivity index is 1.72. The molecule has 2 N–H and O–H groups in total. The Morgan fingerprint density at radius 3 is 2.96 bits per heavy atom. The van der Waals surface area contributed by atoms with Gasteiger partial charge in [-0.25, -0.2) is 4.68 Å². The van der Waals surface area contributed by atoms with E-state index in [4.69, 9.17) is 9.15 Å². The van der Waals surface area contributed by atoms with E-state index in [0.717, 1.165) is 27.9 Å². The van der Waals surface area contributed by atoms with E-state index in [0.29, 0.717) is 19.7 Å². The quantitative estimate of drug-likeness (QED) is 0.663. The summed E-state index contributed by atoms with van der Waals surface area (Å²) < 4.78 is 12.5. The van der Waals surface area contributed by atoms with Crippen LogP contribution in [0.2, 0.25) is 0 Å². The Kier molecular flexibility index (Phi) is 5.12. The minimum atomic E-state index is 0.0407. The molecule has 7 heteroatoms. The number of ether oxygens (including phenoxy) is 1. The average Bonchev–Trinajstić information content (AvgIpc) is 3.26. The largest absolute Gasteiger partial charge is 0.462 e. The van der Waals surface area contributed by atoms with Crippen LogP contribution in [0, 0.1) is 0 Å². The molecular formula is C16H19N3O3S. The SMILES string of the molecule is COCc1ccc(CNc2cc(-c3cccs3)nn2CCO)o1. The third-order valence-corrected chi connectivity index (χ3v) is 4.21. The van der Waals surface area contributed by atoms with Crippen molar-refractivity contribution in [3.8, 4) is 10.6 Å². The van der Waals surface area contributed by atoms with Crippen LogP contribution in [0.25, 0.3) is 10.6 Å². The van der Waals surface area contributed by atoms with E-state index < -0.39 is 0 Å². The second-order valence-electron chi connectivity index (χ2n) is 4.99. The lowest BCUT2D eigenvalue weighted by Crippen LogP contribution is -2.10. The first kappa shape index (κ1) is 15.8. The number of rotatable bonds is 8. The first-order chi connectivity index (χ1) is 11.3. The Hall–Kier alpha value is -2.09. The van der Waals surface area contributed by atoms with E-state index in [1.807, 2.05) is 35.7 Å². The summed E-state index contributed by atoms with van der Waals surface area (Å²) in [5, 5.41) is 19.1. The molecule has 23 heavy (non-hydrogen) atoms. The highest BCUT2D eigenvalue weighted by Crippen LogP contribution is 2.26. The maximum absolute atomic E-state index is 9.21. The Labute approximate surface area is 138 Å². The molecule has 6 nitrogen and oxygen atoms in total. The second-order valence-corrected chi connectivity index (χ2v) is 5.94. The van der Waals surface area contributed by atoms with Gasteiger partial charge in [0.1, 0.15) is 29.6 Å². The zero-order valence-corrected chi connectivity index (χ0v) is 13.7. The summed E-state index contributed by atoms with van der Waals surface area (Å²) >= 11 is 1.64. The molecule has 3 aromatic heterocycles. The van der Waals surface area contributed by atoms with E-state index in [1.54, 1.807) is 23.1 Å². The van der Waals surface area contributed by atoms with Gasteiger partial charge in [-0.1, -0.05) is 6.07 Å². The predicted octanol–water partition coefficient (Wildman–Crippen LogP) is 2.96. The van der Waals surface area contributed by atoms with Gasteiger partial charge in [0.05, 0.1) is 24.6 Å². The summed E-state index contributed by atoms with van der Waals surface area (Å²) in [5.74, 6) is 2.48. The van der Waals surface area contributed by atoms with Gasteiger partial charge >= 0.3 is 0 Å². The molecule has 0 spiro atoms. The van der Waals surface area contributed by atoms with Crippen molar-refractivity contribution in [2.75, 3.05) is 19.0 Å². The van der Waals surface area contributed by atoms with Gasteiger partial charge in [-0.15, -0.1) is 11.3 Å². The van der Waals surface area contributed by atoms with Gasteiger partial charge in [0, 0.05) is 13.2 Å². The first-order valence-electron chi connectivity index (χ1n) is 7.33. The minimum Gasteiger partial charge on any atom is -0.462 e. The third-order valence-electron chi connectivity index (χ3n) is 3.31. The molecule has 0 aliphatic heterocycles. The number of aliphatic hydroxyl groups is 1. The van der Waals surface area contributed by atoms with Crippen LogP contribution >= 0.6 is 11.3 Å². The Morgan fingerprint density at radius 1 is 1.35 bits per heavy atom. The first-order valence-corrected chi connectivity index (χ1v) is 8.21. The normalized spacial score (nSPS) is 11.0. The molecule has 0 saturated carbocycles. The number of hydrogen-bond donors (Lipinski definition) is 2. The number of furan rings is 1. The number of hydrogen-bond acceptors (Lipinski definition) is 6. The molecule has 0 saturated heterocycles. The Morgan fingerprint density at radius 2 is 2.22 bits per heavy atom. The third kappa shape index (κ3) is 3.82. The zero-order valence-electron chi connectivity index (χ0n) is 12.9. The van der Waals surface area contributed by atoms with Crippen LogP contribution < -0.4 is 5.32 Å². The van der Waals surface area contributed by atoms with Crippen LogP contribution in [0.1, 0.15) is 11.5 Å². The number of nitrogens with zero attached hydrogens (tertiary/aromatic N) is 2. The lowest BCUT2D eigenvalue weighted by Gasteiger charge is -2.07. The summed E-state index contributed by atoms with van der Waals surface area (Å²) in [6, 6.07) is 9.85. The van der Waals surface area contributed by atoms with Gasteiger partial charge in [-0.3, -0.25) is 0 Å². The number of thiophene rings is 1. The number of methoxy groups -OCH3 is 1. The van der Waals surface area contributed by atoms with Gasteiger partial charge in [-0.05, 0) is 23.6 Å². The fourth-order valence-electron chi connectivity index (χ4n) is 2.28. The van der Waals surface area contributed by atoms with Crippen LogP contribution in [-0.2, 0) is 24.4 Å². The number of nitrogens with one attached hydrogen (secondary N) is 1. The molecule has 3 heterocycles. The molecule has 3 aromatic rings. The lowest BCUT2D eigenvalue weighted by atomic mass is 10.3. The number of aromatic nitrogens is 2. The van der Waals surface area contributed by atoms with E-state index in [-0.39, 0.29) is 6.61 Å². The molecule has 0 bridgehead atoms. The van der Waals surface area contributed by atoms with Crippen molar-refractivity contribution < 1.29 is 14.3 Å². The highest BCUT2D eigenvalue weighted by Gasteiger charge is 2.11. The van der Waals surface area contributed by atoms with Crippen molar-refractivity contribution in [1.29, 1.82) is 0 Å². The van der Waals surface area contributed by atoms with E-state index in [2.05, 4.69) is 10.4 Å². The summed E-state index contributed by atoms with van der Waals surface area (Å²) in [4.78, 5) is 1.10. The van der Waals surface area contributed by atoms with Crippen molar-refractivity contribution in [3.05, 3.63) is 47.2 Å². The smallest absolute Gasteiger partial charge is 0.129 e. The molecule has 0 unspecified atom stereocenters. The molecule has 0 aliphatic carbocycles. The summed E-state index contributed by atoms with van der Waals surface area (Å²) in [6.07, 6.45) is 0. The molecule has 0 aliphatic rings. The molecule has 3 rings (SSSR count). The Bertz CT molecular complexity index is 734. The van der Waals surface area contributed by atoms with E-state index >= 15 is 0 Å². The van der Waals surface area contributed by atoms with Crippen LogP contribution in [0.15, 0.2) is 40.1 Å². The van der Waals surface area contributed by atoms with Gasteiger partial charge in [-0.2, -0.15) is 5.10 Å². The monoisotopic (exact) mass is 333 g/mol. The fourth-order valence-corrected chi connectivity index (χ4v) is 2.97. The molecule has 0 amide bonds.